The van der Waals surface area contributed by atoms with Gasteiger partial charge in [0, 0.05) is 0 Å². The van der Waals surface area contributed by atoms with Crippen molar-refractivity contribution in [1.82, 2.24) is 5.64 Å². The zero-order valence-electron chi connectivity index (χ0n) is 4.18. The molecule has 0 spiro atoms. The van der Waals surface area contributed by atoms with Crippen LogP contribution in [-0.2, 0) is 9.68 Å². The second kappa shape index (κ2) is 5.84. The Kier molecular flexibility index (Phi) is 5.71. The van der Waals surface area contributed by atoms with Gasteiger partial charge in [-0.15, -0.1) is 0 Å². The average Bonchev–Trinajstić information content (AvgIpc) is 1.69. The molecule has 44 valence electrons. The molecule has 0 aromatic rings. The van der Waals surface area contributed by atoms with E-state index in [-0.39, 0.29) is 13.2 Å². The quantitative estimate of drug-likeness (QED) is 0.359. The highest BCUT2D eigenvalue weighted by Crippen LogP contribution is 1.61. The van der Waals surface area contributed by atoms with E-state index in [9.17, 15) is 0 Å². The molecular weight excluding hydrogens is 98.0 g/mol. The fourth-order valence-electron chi connectivity index (χ4n) is 0.146. The summed E-state index contributed by atoms with van der Waals surface area (Å²) < 4.78 is 0. The summed E-state index contributed by atoms with van der Waals surface area (Å²) >= 11 is 0. The molecule has 0 rings (SSSR count). The molecule has 0 aliphatic carbocycles. The molecule has 0 aliphatic heterocycles. The summed E-state index contributed by atoms with van der Waals surface area (Å²) in [5.74, 6) is 0. The molecule has 0 bridgehead atoms. The van der Waals surface area contributed by atoms with Crippen molar-refractivity contribution < 1.29 is 14.8 Å². The first-order chi connectivity index (χ1) is 3.41. The first-order valence-electron chi connectivity index (χ1n) is 1.92. The van der Waals surface area contributed by atoms with Crippen molar-refractivity contribution >= 4 is 0 Å². The van der Waals surface area contributed by atoms with E-state index >= 15 is 0 Å². The third-order valence-electron chi connectivity index (χ3n) is 0.336. The van der Waals surface area contributed by atoms with Crippen molar-refractivity contribution in [2.45, 2.75) is 0 Å². The van der Waals surface area contributed by atoms with Gasteiger partial charge >= 0.3 is 0 Å². The second-order valence-electron chi connectivity index (χ2n) is 0.860. The number of rotatable bonds is 4. The van der Waals surface area contributed by atoms with E-state index in [1.165, 1.54) is 7.11 Å². The van der Waals surface area contributed by atoms with Crippen molar-refractivity contribution in [1.29, 1.82) is 0 Å². The Hall–Kier alpha value is -0.160. The van der Waals surface area contributed by atoms with E-state index in [4.69, 9.17) is 5.11 Å². The molecule has 0 atom stereocenters. The van der Waals surface area contributed by atoms with Gasteiger partial charge in [0.15, 0.2) is 0 Å². The van der Waals surface area contributed by atoms with Gasteiger partial charge in [-0.05, 0) is 0 Å². The minimum Gasteiger partial charge on any atom is -0.394 e. The summed E-state index contributed by atoms with van der Waals surface area (Å²) in [4.78, 5) is 8.67. The van der Waals surface area contributed by atoms with Gasteiger partial charge in [-0.2, -0.15) is 0 Å². The Morgan fingerprint density at radius 1 is 1.71 bits per heavy atom. The van der Waals surface area contributed by atoms with Crippen LogP contribution in [0.3, 0.4) is 0 Å². The van der Waals surface area contributed by atoms with E-state index in [0.29, 0.717) is 0 Å². The first-order valence-corrected chi connectivity index (χ1v) is 1.92. The smallest absolute Gasteiger partial charge is 0.0940 e. The summed E-state index contributed by atoms with van der Waals surface area (Å²) in [5.41, 5.74) is 2.09. The van der Waals surface area contributed by atoms with Crippen LogP contribution in [-0.4, -0.2) is 25.4 Å². The lowest BCUT2D eigenvalue weighted by atomic mass is 10.8. The standard InChI is InChI=1S/C3H9NO3/c1-6-4-7-3-2-5/h4-5H,2-3H2,1H3. The molecule has 0 fully saturated rings. The van der Waals surface area contributed by atoms with Gasteiger partial charge in [0.25, 0.3) is 0 Å². The molecular formula is C3H9NO3. The van der Waals surface area contributed by atoms with Crippen molar-refractivity contribution in [2.75, 3.05) is 20.3 Å². The van der Waals surface area contributed by atoms with Gasteiger partial charge in [0.05, 0.1) is 20.3 Å². The van der Waals surface area contributed by atoms with Crippen molar-refractivity contribution in [3.8, 4) is 0 Å². The number of aliphatic hydroxyl groups is 1. The van der Waals surface area contributed by atoms with Gasteiger partial charge in [-0.3, -0.25) is 9.68 Å². The lowest BCUT2D eigenvalue weighted by molar-refractivity contribution is -0.156. The molecule has 0 radical (unpaired) electrons. The zero-order valence-corrected chi connectivity index (χ0v) is 4.18. The van der Waals surface area contributed by atoms with Crippen molar-refractivity contribution in [3.63, 3.8) is 0 Å². The highest BCUT2D eigenvalue weighted by atomic mass is 16.9. The van der Waals surface area contributed by atoms with Crippen LogP contribution in [0.2, 0.25) is 0 Å². The van der Waals surface area contributed by atoms with Crippen LogP contribution < -0.4 is 5.64 Å². The van der Waals surface area contributed by atoms with E-state index in [1.807, 2.05) is 0 Å². The highest BCUT2D eigenvalue weighted by Gasteiger charge is 1.77. The number of hydrogen-bond acceptors (Lipinski definition) is 4. The van der Waals surface area contributed by atoms with Gasteiger partial charge in [0.2, 0.25) is 0 Å². The Morgan fingerprint density at radius 2 is 2.43 bits per heavy atom. The molecule has 4 nitrogen and oxygen atoms in total. The predicted octanol–water partition coefficient (Wildman–Crippen LogP) is -0.939. The molecule has 0 amide bonds. The molecule has 0 heterocycles. The summed E-state index contributed by atoms with van der Waals surface area (Å²) in [6.07, 6.45) is 0. The minimum atomic E-state index is -0.00361. The minimum absolute atomic E-state index is 0.00361. The number of nitrogens with one attached hydrogen (secondary N) is 1. The van der Waals surface area contributed by atoms with Gasteiger partial charge < -0.3 is 5.11 Å². The molecule has 7 heavy (non-hydrogen) atoms. The predicted molar refractivity (Wildman–Crippen MR) is 23.2 cm³/mol. The Morgan fingerprint density at radius 3 is 2.86 bits per heavy atom. The summed E-state index contributed by atoms with van der Waals surface area (Å²) in [6, 6.07) is 0. The SMILES string of the molecule is CONOCCO. The summed E-state index contributed by atoms with van der Waals surface area (Å²) in [7, 11) is 1.43. The molecule has 0 aromatic heterocycles. The third kappa shape index (κ3) is 5.84. The Balaban J connectivity index is 2.45. The summed E-state index contributed by atoms with van der Waals surface area (Å²) in [5, 5.41) is 8.07. The maximum atomic E-state index is 8.07. The van der Waals surface area contributed by atoms with Crippen LogP contribution in [0.15, 0.2) is 0 Å². The monoisotopic (exact) mass is 107 g/mol. The maximum absolute atomic E-state index is 8.07. The normalized spacial score (nSPS) is 9.43. The third-order valence-corrected chi connectivity index (χ3v) is 0.336. The lowest BCUT2D eigenvalue weighted by Gasteiger charge is -1.97. The fourth-order valence-corrected chi connectivity index (χ4v) is 0.146. The van der Waals surface area contributed by atoms with Crippen LogP contribution in [0.4, 0.5) is 0 Å². The lowest BCUT2D eigenvalue weighted by Crippen LogP contribution is -2.14. The second-order valence-corrected chi connectivity index (χ2v) is 0.860. The van der Waals surface area contributed by atoms with Gasteiger partial charge in [0.1, 0.15) is 0 Å². The van der Waals surface area contributed by atoms with E-state index < -0.39 is 0 Å². The van der Waals surface area contributed by atoms with Gasteiger partial charge in [-0.1, -0.05) is 5.64 Å². The maximum Gasteiger partial charge on any atom is 0.0940 e. The first kappa shape index (κ1) is 6.84. The summed E-state index contributed by atoms with van der Waals surface area (Å²) in [6.45, 7) is 0.240. The Labute approximate surface area is 41.9 Å². The van der Waals surface area contributed by atoms with Crippen molar-refractivity contribution in [2.24, 2.45) is 0 Å². The molecule has 2 N–H and O–H groups in total. The molecule has 0 unspecified atom stereocenters. The number of aliphatic hydroxyl groups excluding tert-OH is 1. The zero-order chi connectivity index (χ0) is 5.54. The van der Waals surface area contributed by atoms with Crippen LogP contribution >= 0.6 is 0 Å². The topological polar surface area (TPSA) is 50.7 Å². The highest BCUT2D eigenvalue weighted by molar-refractivity contribution is 4.12. The van der Waals surface area contributed by atoms with E-state index in [2.05, 4.69) is 15.3 Å². The van der Waals surface area contributed by atoms with Crippen LogP contribution in [0.1, 0.15) is 0 Å². The van der Waals surface area contributed by atoms with E-state index in [0.717, 1.165) is 0 Å². The van der Waals surface area contributed by atoms with Crippen LogP contribution in [0.5, 0.6) is 0 Å². The average molecular weight is 107 g/mol. The van der Waals surface area contributed by atoms with Gasteiger partial charge in [-0.25, -0.2) is 0 Å². The Bertz CT molecular complexity index is 29.4. The fraction of sp³-hybridized carbons (Fsp3) is 1.00. The number of hydrogen-bond donors (Lipinski definition) is 2. The van der Waals surface area contributed by atoms with Crippen LogP contribution in [0, 0.1) is 0 Å². The molecule has 0 aromatic carbocycles. The van der Waals surface area contributed by atoms with E-state index in [1.54, 1.807) is 0 Å². The molecule has 0 saturated carbocycles. The molecule has 0 aliphatic rings. The molecule has 0 saturated heterocycles. The van der Waals surface area contributed by atoms with Crippen molar-refractivity contribution in [3.05, 3.63) is 0 Å². The largest absolute Gasteiger partial charge is 0.394 e. The van der Waals surface area contributed by atoms with Crippen LogP contribution in [0.25, 0.3) is 0 Å². The molecule has 4 heteroatoms.